The van der Waals surface area contributed by atoms with E-state index in [2.05, 4.69) is 10.3 Å². The van der Waals surface area contributed by atoms with Crippen molar-refractivity contribution in [3.63, 3.8) is 0 Å². The smallest absolute Gasteiger partial charge is 0.298 e. The van der Waals surface area contributed by atoms with Crippen molar-refractivity contribution in [3.8, 4) is 11.3 Å². The molecule has 0 spiro atoms. The van der Waals surface area contributed by atoms with Crippen molar-refractivity contribution in [1.29, 1.82) is 0 Å². The molecular formula is C17H9F5N2OS. The maximum atomic E-state index is 13.3. The molecule has 0 unspecified atom stereocenters. The Kier molecular flexibility index (Phi) is 4.73. The monoisotopic (exact) mass is 384 g/mol. The molecule has 0 aliphatic rings. The first-order valence-electron chi connectivity index (χ1n) is 7.13. The SMILES string of the molecule is O=C(Nc1nc(-c2ccc(F)c(F)c2)cs1)c1ccc(C(F)(F)F)cc1. The van der Waals surface area contributed by atoms with E-state index in [1.54, 1.807) is 0 Å². The highest BCUT2D eigenvalue weighted by molar-refractivity contribution is 7.14. The zero-order valence-corrected chi connectivity index (χ0v) is 13.6. The summed E-state index contributed by atoms with van der Waals surface area (Å²) >= 11 is 1.05. The highest BCUT2D eigenvalue weighted by Crippen LogP contribution is 2.29. The topological polar surface area (TPSA) is 42.0 Å². The number of aromatic nitrogens is 1. The van der Waals surface area contributed by atoms with Gasteiger partial charge in [-0.3, -0.25) is 10.1 Å². The Morgan fingerprint density at radius 3 is 2.31 bits per heavy atom. The van der Waals surface area contributed by atoms with Crippen LogP contribution < -0.4 is 5.32 Å². The molecule has 0 saturated carbocycles. The van der Waals surface area contributed by atoms with Gasteiger partial charge in [0.2, 0.25) is 0 Å². The summed E-state index contributed by atoms with van der Waals surface area (Å²) in [5.74, 6) is -2.64. The van der Waals surface area contributed by atoms with Crippen LogP contribution >= 0.6 is 11.3 Å². The normalized spacial score (nSPS) is 11.4. The number of hydrogen-bond acceptors (Lipinski definition) is 3. The minimum Gasteiger partial charge on any atom is -0.298 e. The van der Waals surface area contributed by atoms with Gasteiger partial charge < -0.3 is 0 Å². The average molecular weight is 384 g/mol. The fourth-order valence-electron chi connectivity index (χ4n) is 2.10. The van der Waals surface area contributed by atoms with Crippen LogP contribution in [0.1, 0.15) is 15.9 Å². The van der Waals surface area contributed by atoms with Crippen molar-refractivity contribution in [3.05, 3.63) is 70.6 Å². The van der Waals surface area contributed by atoms with Crippen LogP contribution in [0.2, 0.25) is 0 Å². The first-order chi connectivity index (χ1) is 12.2. The van der Waals surface area contributed by atoms with Gasteiger partial charge in [0.25, 0.3) is 5.91 Å². The van der Waals surface area contributed by atoms with Gasteiger partial charge in [-0.25, -0.2) is 13.8 Å². The lowest BCUT2D eigenvalue weighted by Crippen LogP contribution is -2.12. The standard InChI is InChI=1S/C17H9F5N2OS/c18-12-6-3-10(7-13(12)19)14-8-26-16(23-14)24-15(25)9-1-4-11(5-2-9)17(20,21)22/h1-8H,(H,23,24,25). The van der Waals surface area contributed by atoms with Gasteiger partial charge >= 0.3 is 6.18 Å². The summed E-state index contributed by atoms with van der Waals surface area (Å²) in [6, 6.07) is 7.02. The van der Waals surface area contributed by atoms with Crippen molar-refractivity contribution in [2.45, 2.75) is 6.18 Å². The molecule has 0 saturated heterocycles. The molecule has 3 aromatic rings. The summed E-state index contributed by atoms with van der Waals surface area (Å²) in [4.78, 5) is 16.2. The van der Waals surface area contributed by atoms with Gasteiger partial charge in [-0.1, -0.05) is 0 Å². The highest BCUT2D eigenvalue weighted by Gasteiger charge is 2.30. The molecular weight excluding hydrogens is 375 g/mol. The van der Waals surface area contributed by atoms with Gasteiger partial charge in [-0.2, -0.15) is 13.2 Å². The Bertz CT molecular complexity index is 951. The molecule has 0 bridgehead atoms. The molecule has 1 amide bonds. The molecule has 0 radical (unpaired) electrons. The van der Waals surface area contributed by atoms with Crippen molar-refractivity contribution in [2.75, 3.05) is 5.32 Å². The van der Waals surface area contributed by atoms with Crippen LogP contribution in [0.25, 0.3) is 11.3 Å². The number of carbonyl (C=O) groups is 1. The average Bonchev–Trinajstić information content (AvgIpc) is 3.05. The van der Waals surface area contributed by atoms with Crippen LogP contribution in [0.4, 0.5) is 27.1 Å². The van der Waals surface area contributed by atoms with E-state index in [1.165, 1.54) is 11.4 Å². The second-order valence-corrected chi connectivity index (χ2v) is 6.05. The first-order valence-corrected chi connectivity index (χ1v) is 8.01. The number of nitrogens with zero attached hydrogens (tertiary/aromatic N) is 1. The van der Waals surface area contributed by atoms with Gasteiger partial charge in [0, 0.05) is 16.5 Å². The van der Waals surface area contributed by atoms with Crippen molar-refractivity contribution >= 4 is 22.4 Å². The molecule has 0 atom stereocenters. The third kappa shape index (κ3) is 3.88. The van der Waals surface area contributed by atoms with Crippen LogP contribution in [0.5, 0.6) is 0 Å². The quantitative estimate of drug-likeness (QED) is 0.618. The van der Waals surface area contributed by atoms with E-state index >= 15 is 0 Å². The molecule has 26 heavy (non-hydrogen) atoms. The van der Waals surface area contributed by atoms with E-state index in [1.807, 2.05) is 0 Å². The van der Waals surface area contributed by atoms with Crippen LogP contribution in [0, 0.1) is 11.6 Å². The van der Waals surface area contributed by atoms with E-state index in [9.17, 15) is 26.7 Å². The Balaban J connectivity index is 1.74. The lowest BCUT2D eigenvalue weighted by atomic mass is 10.1. The summed E-state index contributed by atoms with van der Waals surface area (Å²) in [7, 11) is 0. The third-order valence-corrected chi connectivity index (χ3v) is 4.17. The Morgan fingerprint density at radius 2 is 1.69 bits per heavy atom. The van der Waals surface area contributed by atoms with E-state index in [4.69, 9.17) is 0 Å². The molecule has 1 N–H and O–H groups in total. The molecule has 9 heteroatoms. The minimum absolute atomic E-state index is 0.0302. The summed E-state index contributed by atoms with van der Waals surface area (Å²) in [5.41, 5.74) is -0.168. The largest absolute Gasteiger partial charge is 0.416 e. The minimum atomic E-state index is -4.48. The Morgan fingerprint density at radius 1 is 1.00 bits per heavy atom. The second-order valence-electron chi connectivity index (χ2n) is 5.20. The first kappa shape index (κ1) is 18.0. The number of carbonyl (C=O) groups excluding carboxylic acids is 1. The molecule has 0 fully saturated rings. The van der Waals surface area contributed by atoms with E-state index < -0.39 is 29.3 Å². The van der Waals surface area contributed by atoms with Crippen molar-refractivity contribution in [1.82, 2.24) is 4.98 Å². The number of benzene rings is 2. The summed E-state index contributed by atoms with van der Waals surface area (Å²) < 4.78 is 63.8. The highest BCUT2D eigenvalue weighted by atomic mass is 32.1. The lowest BCUT2D eigenvalue weighted by Gasteiger charge is -2.07. The third-order valence-electron chi connectivity index (χ3n) is 3.41. The van der Waals surface area contributed by atoms with Gasteiger partial charge in [-0.15, -0.1) is 11.3 Å². The number of alkyl halides is 3. The zero-order valence-electron chi connectivity index (χ0n) is 12.8. The van der Waals surface area contributed by atoms with Crippen LogP contribution in [0.15, 0.2) is 47.8 Å². The van der Waals surface area contributed by atoms with Gasteiger partial charge in [-0.05, 0) is 42.5 Å². The fraction of sp³-hybridized carbons (Fsp3) is 0.0588. The zero-order chi connectivity index (χ0) is 18.9. The molecule has 2 aromatic carbocycles. The van der Waals surface area contributed by atoms with Crippen LogP contribution in [-0.2, 0) is 6.18 Å². The molecule has 0 aliphatic heterocycles. The summed E-state index contributed by atoms with van der Waals surface area (Å²) in [6.45, 7) is 0. The fourth-order valence-corrected chi connectivity index (χ4v) is 2.81. The number of halogens is 5. The summed E-state index contributed by atoms with van der Waals surface area (Å²) in [6.07, 6.45) is -4.48. The number of thiazole rings is 1. The van der Waals surface area contributed by atoms with Gasteiger partial charge in [0.15, 0.2) is 16.8 Å². The van der Waals surface area contributed by atoms with Gasteiger partial charge in [0.05, 0.1) is 11.3 Å². The number of hydrogen-bond donors (Lipinski definition) is 1. The van der Waals surface area contributed by atoms with Crippen LogP contribution in [0.3, 0.4) is 0 Å². The van der Waals surface area contributed by atoms with Crippen molar-refractivity contribution in [2.24, 2.45) is 0 Å². The predicted octanol–water partition coefficient (Wildman–Crippen LogP) is 5.36. The predicted molar refractivity (Wildman–Crippen MR) is 86.9 cm³/mol. The number of rotatable bonds is 3. The Hall–Kier alpha value is -2.81. The van der Waals surface area contributed by atoms with Crippen molar-refractivity contribution < 1.29 is 26.7 Å². The van der Waals surface area contributed by atoms with E-state index in [0.717, 1.165) is 47.7 Å². The Labute approximate surface area is 148 Å². The molecule has 0 aliphatic carbocycles. The van der Waals surface area contributed by atoms with Crippen LogP contribution in [-0.4, -0.2) is 10.9 Å². The number of anilines is 1. The molecule has 1 heterocycles. The maximum Gasteiger partial charge on any atom is 0.416 e. The van der Waals surface area contributed by atoms with E-state index in [0.29, 0.717) is 11.3 Å². The summed E-state index contributed by atoms with van der Waals surface area (Å²) in [5, 5.41) is 4.16. The van der Waals surface area contributed by atoms with Gasteiger partial charge in [0.1, 0.15) is 0 Å². The molecule has 1 aromatic heterocycles. The molecule has 134 valence electrons. The maximum absolute atomic E-state index is 13.3. The number of amides is 1. The molecule has 3 rings (SSSR count). The molecule has 3 nitrogen and oxygen atoms in total. The second kappa shape index (κ2) is 6.83. The lowest BCUT2D eigenvalue weighted by molar-refractivity contribution is -0.137. The number of nitrogens with one attached hydrogen (secondary N) is 1. The van der Waals surface area contributed by atoms with E-state index in [-0.39, 0.29) is 10.7 Å².